The first kappa shape index (κ1) is 12.2. The van der Waals surface area contributed by atoms with Crippen LogP contribution in [-0.2, 0) is 13.0 Å². The predicted molar refractivity (Wildman–Crippen MR) is 71.0 cm³/mol. The second kappa shape index (κ2) is 5.05. The Hall–Kier alpha value is -1.82. The van der Waals surface area contributed by atoms with Crippen molar-refractivity contribution in [2.24, 2.45) is 0 Å². The summed E-state index contributed by atoms with van der Waals surface area (Å²) < 4.78 is 5.13. The molecule has 0 unspecified atom stereocenters. The lowest BCUT2D eigenvalue weighted by Gasteiger charge is -2.26. The van der Waals surface area contributed by atoms with Gasteiger partial charge in [-0.25, -0.2) is 4.98 Å². The summed E-state index contributed by atoms with van der Waals surface area (Å²) in [6.45, 7) is 1.21. The van der Waals surface area contributed by atoms with Gasteiger partial charge in [-0.2, -0.15) is 0 Å². The molecule has 98 valence electrons. The Bertz CT molecular complexity index is 611. The molecule has 0 saturated carbocycles. The fourth-order valence-corrected chi connectivity index (χ4v) is 2.74. The number of pyridine rings is 1. The summed E-state index contributed by atoms with van der Waals surface area (Å²) in [5, 5.41) is 4.54. The topological polar surface area (TPSA) is 59.2 Å². The number of carbonyl (C=O) groups is 1. The molecule has 6 heteroatoms. The van der Waals surface area contributed by atoms with E-state index in [1.54, 1.807) is 18.5 Å². The Morgan fingerprint density at radius 2 is 2.42 bits per heavy atom. The molecule has 0 fully saturated rings. The minimum absolute atomic E-state index is 0.0179. The smallest absolute Gasteiger partial charge is 0.256 e. The normalized spacial score (nSPS) is 14.3. The second-order valence-corrected chi connectivity index (χ2v) is 5.11. The fraction of sp³-hybridized carbons (Fsp3) is 0.308. The highest BCUT2D eigenvalue weighted by atomic mass is 32.2. The zero-order chi connectivity index (χ0) is 13.2. The molecule has 5 nitrogen and oxygen atoms in total. The van der Waals surface area contributed by atoms with Crippen LogP contribution >= 0.6 is 11.8 Å². The van der Waals surface area contributed by atoms with Crippen molar-refractivity contribution >= 4 is 17.7 Å². The molecular weight excluding hydrogens is 262 g/mol. The molecule has 0 atom stereocenters. The van der Waals surface area contributed by atoms with E-state index in [0.717, 1.165) is 22.8 Å². The average molecular weight is 275 g/mol. The highest BCUT2D eigenvalue weighted by molar-refractivity contribution is 7.98. The van der Waals surface area contributed by atoms with Crippen LogP contribution in [0.3, 0.4) is 0 Å². The van der Waals surface area contributed by atoms with Crippen molar-refractivity contribution in [3.8, 4) is 0 Å². The van der Waals surface area contributed by atoms with Gasteiger partial charge in [0.2, 0.25) is 0 Å². The van der Waals surface area contributed by atoms with E-state index in [9.17, 15) is 4.79 Å². The van der Waals surface area contributed by atoms with Crippen molar-refractivity contribution < 1.29 is 9.32 Å². The van der Waals surface area contributed by atoms with Gasteiger partial charge < -0.3 is 9.42 Å². The van der Waals surface area contributed by atoms with Gasteiger partial charge >= 0.3 is 0 Å². The molecule has 0 radical (unpaired) electrons. The number of hydrogen-bond donors (Lipinski definition) is 0. The van der Waals surface area contributed by atoms with Gasteiger partial charge in [-0.3, -0.25) is 4.79 Å². The SMILES string of the molecule is CSc1ncccc1C(=O)N1CCc2oncc2C1. The summed E-state index contributed by atoms with van der Waals surface area (Å²) in [6, 6.07) is 3.62. The van der Waals surface area contributed by atoms with E-state index in [4.69, 9.17) is 4.52 Å². The summed E-state index contributed by atoms with van der Waals surface area (Å²) in [7, 11) is 0. The number of hydrogen-bond acceptors (Lipinski definition) is 5. The third kappa shape index (κ3) is 2.23. The van der Waals surface area contributed by atoms with Crippen LogP contribution < -0.4 is 0 Å². The van der Waals surface area contributed by atoms with Crippen molar-refractivity contribution in [1.82, 2.24) is 15.0 Å². The first-order valence-electron chi connectivity index (χ1n) is 6.00. The Morgan fingerprint density at radius 3 is 3.26 bits per heavy atom. The van der Waals surface area contributed by atoms with Gasteiger partial charge in [0.15, 0.2) is 0 Å². The van der Waals surface area contributed by atoms with Gasteiger partial charge in [-0.15, -0.1) is 11.8 Å². The molecule has 3 rings (SSSR count). The number of aromatic nitrogens is 2. The molecule has 0 aliphatic carbocycles. The Labute approximate surface area is 115 Å². The molecule has 0 N–H and O–H groups in total. The molecule has 0 saturated heterocycles. The van der Waals surface area contributed by atoms with Crippen molar-refractivity contribution in [1.29, 1.82) is 0 Å². The molecule has 2 aromatic rings. The second-order valence-electron chi connectivity index (χ2n) is 4.31. The molecule has 19 heavy (non-hydrogen) atoms. The first-order chi connectivity index (χ1) is 9.29. The number of fused-ring (bicyclic) bond motifs is 1. The minimum Gasteiger partial charge on any atom is -0.361 e. The fourth-order valence-electron chi connectivity index (χ4n) is 2.20. The highest BCUT2D eigenvalue weighted by Gasteiger charge is 2.25. The largest absolute Gasteiger partial charge is 0.361 e. The van der Waals surface area contributed by atoms with Crippen molar-refractivity contribution in [3.63, 3.8) is 0 Å². The van der Waals surface area contributed by atoms with Crippen LogP contribution in [0.2, 0.25) is 0 Å². The quantitative estimate of drug-likeness (QED) is 0.784. The van der Waals surface area contributed by atoms with Crippen LogP contribution in [0, 0.1) is 0 Å². The van der Waals surface area contributed by atoms with E-state index in [0.29, 0.717) is 18.7 Å². The van der Waals surface area contributed by atoms with E-state index < -0.39 is 0 Å². The van der Waals surface area contributed by atoms with E-state index in [2.05, 4.69) is 10.1 Å². The summed E-state index contributed by atoms with van der Waals surface area (Å²) in [6.07, 6.45) is 6.04. The number of nitrogens with zero attached hydrogens (tertiary/aromatic N) is 3. The Kier molecular flexibility index (Phi) is 3.25. The predicted octanol–water partition coefficient (Wildman–Crippen LogP) is 1.99. The lowest BCUT2D eigenvalue weighted by Crippen LogP contribution is -2.35. The van der Waals surface area contributed by atoms with Crippen LogP contribution in [-0.4, -0.2) is 33.7 Å². The van der Waals surface area contributed by atoms with E-state index in [-0.39, 0.29) is 5.91 Å². The molecule has 2 aromatic heterocycles. The third-order valence-electron chi connectivity index (χ3n) is 3.18. The molecule has 3 heterocycles. The van der Waals surface area contributed by atoms with Crippen molar-refractivity contribution in [2.45, 2.75) is 18.0 Å². The Morgan fingerprint density at radius 1 is 1.53 bits per heavy atom. The van der Waals surface area contributed by atoms with Crippen molar-refractivity contribution in [3.05, 3.63) is 41.4 Å². The lowest BCUT2D eigenvalue weighted by molar-refractivity contribution is 0.0724. The van der Waals surface area contributed by atoms with Gasteiger partial charge in [0.1, 0.15) is 10.8 Å². The number of thioether (sulfide) groups is 1. The van der Waals surface area contributed by atoms with Crippen LogP contribution in [0.1, 0.15) is 21.7 Å². The number of amides is 1. The lowest BCUT2D eigenvalue weighted by atomic mass is 10.1. The van der Waals surface area contributed by atoms with Crippen LogP contribution in [0.5, 0.6) is 0 Å². The Balaban J connectivity index is 1.85. The maximum atomic E-state index is 12.5. The molecule has 0 bridgehead atoms. The van der Waals surface area contributed by atoms with E-state index in [1.165, 1.54) is 11.8 Å². The summed E-state index contributed by atoms with van der Waals surface area (Å²) in [5.41, 5.74) is 1.66. The van der Waals surface area contributed by atoms with Gasteiger partial charge in [0.05, 0.1) is 18.3 Å². The van der Waals surface area contributed by atoms with E-state index in [1.807, 2.05) is 17.2 Å². The highest BCUT2D eigenvalue weighted by Crippen LogP contribution is 2.23. The monoisotopic (exact) mass is 275 g/mol. The standard InChI is InChI=1S/C13H13N3O2S/c1-19-12-10(3-2-5-14-12)13(17)16-6-4-11-9(8-16)7-15-18-11/h2-3,5,7H,4,6,8H2,1H3. The minimum atomic E-state index is 0.0179. The van der Waals surface area contributed by atoms with Crippen molar-refractivity contribution in [2.75, 3.05) is 12.8 Å². The first-order valence-corrected chi connectivity index (χ1v) is 7.23. The third-order valence-corrected chi connectivity index (χ3v) is 3.89. The average Bonchev–Trinajstić information content (AvgIpc) is 2.93. The van der Waals surface area contributed by atoms with E-state index >= 15 is 0 Å². The van der Waals surface area contributed by atoms with Crippen LogP contribution in [0.15, 0.2) is 34.1 Å². The van der Waals surface area contributed by atoms with Crippen LogP contribution in [0.4, 0.5) is 0 Å². The van der Waals surface area contributed by atoms with Crippen LogP contribution in [0.25, 0.3) is 0 Å². The van der Waals surface area contributed by atoms with Gasteiger partial charge in [-0.1, -0.05) is 5.16 Å². The number of rotatable bonds is 2. The zero-order valence-electron chi connectivity index (χ0n) is 10.5. The summed E-state index contributed by atoms with van der Waals surface area (Å²) >= 11 is 1.49. The molecule has 0 spiro atoms. The summed E-state index contributed by atoms with van der Waals surface area (Å²) in [4.78, 5) is 18.6. The molecule has 1 amide bonds. The van der Waals surface area contributed by atoms with Gasteiger partial charge in [0.25, 0.3) is 5.91 Å². The molecular formula is C13H13N3O2S. The summed E-state index contributed by atoms with van der Waals surface area (Å²) in [5.74, 6) is 0.907. The zero-order valence-corrected chi connectivity index (χ0v) is 11.3. The maximum Gasteiger partial charge on any atom is 0.256 e. The van der Waals surface area contributed by atoms with Gasteiger partial charge in [0, 0.05) is 24.7 Å². The molecule has 1 aliphatic rings. The maximum absolute atomic E-state index is 12.5. The van der Waals surface area contributed by atoms with Gasteiger partial charge in [-0.05, 0) is 18.4 Å². The number of carbonyl (C=O) groups excluding carboxylic acids is 1. The molecule has 0 aromatic carbocycles. The molecule has 1 aliphatic heterocycles.